The summed E-state index contributed by atoms with van der Waals surface area (Å²) in [6.45, 7) is 4.83. The lowest BCUT2D eigenvalue weighted by molar-refractivity contribution is 0.00674. The number of H-pyrrole nitrogens is 2. The van der Waals surface area contributed by atoms with E-state index in [1.807, 2.05) is 13.0 Å². The fourth-order valence-corrected chi connectivity index (χ4v) is 3.31. The van der Waals surface area contributed by atoms with Crippen molar-refractivity contribution in [3.8, 4) is 10.4 Å². The molecule has 0 spiro atoms. The van der Waals surface area contributed by atoms with Crippen molar-refractivity contribution >= 4 is 27.6 Å². The molecule has 0 bridgehead atoms. The topological polar surface area (TPSA) is 133 Å². The quantitative estimate of drug-likeness (QED) is 0.535. The van der Waals surface area contributed by atoms with Gasteiger partial charge in [-0.1, -0.05) is 0 Å². The van der Waals surface area contributed by atoms with Crippen LogP contribution in [0, 0.1) is 6.92 Å². The predicted molar refractivity (Wildman–Crippen MR) is 97.0 cm³/mol. The molecule has 0 fully saturated rings. The van der Waals surface area contributed by atoms with E-state index >= 15 is 0 Å². The summed E-state index contributed by atoms with van der Waals surface area (Å²) < 4.78 is 5.39. The van der Waals surface area contributed by atoms with Crippen molar-refractivity contribution < 1.29 is 14.6 Å². The van der Waals surface area contributed by atoms with E-state index in [1.54, 1.807) is 6.20 Å². The molecule has 3 aromatic heterocycles. The maximum absolute atomic E-state index is 12.3. The van der Waals surface area contributed by atoms with E-state index < -0.39 is 11.7 Å². The molecule has 1 amide bonds. The molecular formula is C16H19N5O4S. The van der Waals surface area contributed by atoms with E-state index in [2.05, 4.69) is 25.5 Å². The number of carbonyl (C=O) groups excluding carboxylic acids is 1. The summed E-state index contributed by atoms with van der Waals surface area (Å²) in [5, 5.41) is 18.9. The fourth-order valence-electron chi connectivity index (χ4n) is 2.25. The first-order valence-electron chi connectivity index (χ1n) is 7.89. The summed E-state index contributed by atoms with van der Waals surface area (Å²) >= 11 is 1.33. The molecule has 0 aromatic carbocycles. The van der Waals surface area contributed by atoms with Crippen LogP contribution in [0.5, 0.6) is 0 Å². The monoisotopic (exact) mass is 377 g/mol. The average molecular weight is 377 g/mol. The lowest BCUT2D eigenvalue weighted by Crippen LogP contribution is -2.33. The molecule has 10 heteroatoms. The van der Waals surface area contributed by atoms with Crippen molar-refractivity contribution in [1.29, 1.82) is 0 Å². The van der Waals surface area contributed by atoms with E-state index in [4.69, 9.17) is 4.74 Å². The van der Waals surface area contributed by atoms with Gasteiger partial charge in [0.1, 0.15) is 17.1 Å². The molecule has 26 heavy (non-hydrogen) atoms. The van der Waals surface area contributed by atoms with Crippen LogP contribution in [0.1, 0.15) is 25.4 Å². The molecule has 4 N–H and O–H groups in total. The molecule has 0 aliphatic heterocycles. The van der Waals surface area contributed by atoms with Crippen LogP contribution in [0.2, 0.25) is 0 Å². The number of aliphatic hydroxyl groups is 1. The number of nitrogens with zero attached hydrogens (tertiary/aromatic N) is 2. The van der Waals surface area contributed by atoms with Crippen molar-refractivity contribution in [2.45, 2.75) is 32.9 Å². The first kappa shape index (κ1) is 18.1. The molecule has 0 radical (unpaired) electrons. The highest BCUT2D eigenvalue weighted by atomic mass is 32.1. The minimum Gasteiger partial charge on any atom is -0.447 e. The third kappa shape index (κ3) is 4.09. The highest BCUT2D eigenvalue weighted by Crippen LogP contribution is 2.31. The molecular weight excluding hydrogens is 358 g/mol. The number of hydrogen-bond donors (Lipinski definition) is 4. The van der Waals surface area contributed by atoms with Gasteiger partial charge in [-0.25, -0.2) is 9.78 Å². The van der Waals surface area contributed by atoms with Gasteiger partial charge in [0.2, 0.25) is 0 Å². The van der Waals surface area contributed by atoms with Gasteiger partial charge in [0, 0.05) is 16.1 Å². The number of ether oxygens (including phenoxy) is 1. The zero-order valence-electron chi connectivity index (χ0n) is 14.5. The number of aryl methyl sites for hydroxylation is 1. The number of carbonyl (C=O) groups is 1. The summed E-state index contributed by atoms with van der Waals surface area (Å²) in [6.07, 6.45) is 1.00. The SMILES string of the molecule is Cc1[nH]ncc1-c1cc2nc(CNC(=O)OCC(C)(C)O)[nH]c(=O)c2s1. The Labute approximate surface area is 152 Å². The van der Waals surface area contributed by atoms with E-state index in [9.17, 15) is 14.7 Å². The van der Waals surface area contributed by atoms with E-state index in [1.165, 1.54) is 25.2 Å². The van der Waals surface area contributed by atoms with Gasteiger partial charge in [-0.15, -0.1) is 11.3 Å². The van der Waals surface area contributed by atoms with Crippen LogP contribution < -0.4 is 10.9 Å². The van der Waals surface area contributed by atoms with Gasteiger partial charge in [0.25, 0.3) is 5.56 Å². The Bertz CT molecular complexity index is 998. The summed E-state index contributed by atoms with van der Waals surface area (Å²) in [4.78, 5) is 31.8. The van der Waals surface area contributed by atoms with Gasteiger partial charge in [-0.05, 0) is 26.8 Å². The molecule has 9 nitrogen and oxygen atoms in total. The molecule has 0 aliphatic carbocycles. The van der Waals surface area contributed by atoms with Gasteiger partial charge >= 0.3 is 6.09 Å². The van der Waals surface area contributed by atoms with E-state index in [0.29, 0.717) is 16.0 Å². The highest BCUT2D eigenvalue weighted by molar-refractivity contribution is 7.22. The summed E-state index contributed by atoms with van der Waals surface area (Å²) in [6, 6.07) is 1.82. The molecule has 3 heterocycles. The molecule has 0 aliphatic rings. The average Bonchev–Trinajstić information content (AvgIpc) is 3.16. The minimum atomic E-state index is -1.11. The van der Waals surface area contributed by atoms with Gasteiger partial charge in [0.15, 0.2) is 0 Å². The van der Waals surface area contributed by atoms with Crippen LogP contribution >= 0.6 is 11.3 Å². The molecule has 0 unspecified atom stereocenters. The van der Waals surface area contributed by atoms with Gasteiger partial charge < -0.3 is 20.1 Å². The number of amides is 1. The third-order valence-corrected chi connectivity index (χ3v) is 4.64. The smallest absolute Gasteiger partial charge is 0.407 e. The number of nitrogens with one attached hydrogen (secondary N) is 3. The summed E-state index contributed by atoms with van der Waals surface area (Å²) in [7, 11) is 0. The van der Waals surface area contributed by atoms with Crippen molar-refractivity contribution in [3.63, 3.8) is 0 Å². The number of aromatic nitrogens is 4. The van der Waals surface area contributed by atoms with Crippen LogP contribution in [0.25, 0.3) is 20.7 Å². The maximum Gasteiger partial charge on any atom is 0.407 e. The number of aromatic amines is 2. The van der Waals surface area contributed by atoms with Crippen LogP contribution in [-0.4, -0.2) is 43.6 Å². The Morgan fingerprint density at radius 3 is 2.88 bits per heavy atom. The largest absolute Gasteiger partial charge is 0.447 e. The minimum absolute atomic E-state index is 0.00574. The lowest BCUT2D eigenvalue weighted by Gasteiger charge is -2.16. The maximum atomic E-state index is 12.3. The Kier molecular flexibility index (Phi) is 4.79. The Balaban J connectivity index is 1.75. The molecule has 0 saturated heterocycles. The highest BCUT2D eigenvalue weighted by Gasteiger charge is 2.16. The summed E-state index contributed by atoms with van der Waals surface area (Å²) in [5.74, 6) is 0.316. The van der Waals surface area contributed by atoms with E-state index in [-0.39, 0.29) is 18.7 Å². The molecule has 3 rings (SSSR count). The van der Waals surface area contributed by atoms with Crippen molar-refractivity contribution in [2.75, 3.05) is 6.61 Å². The number of fused-ring (bicyclic) bond motifs is 1. The standard InChI is InChI=1S/C16H19N5O4S/c1-8-9(5-18-21-8)11-4-10-13(26-11)14(22)20-12(19-10)6-17-15(23)25-7-16(2,3)24/h4-5,24H,6-7H2,1-3H3,(H,17,23)(H,18,21)(H,19,20,22). The normalized spacial score (nSPS) is 11.7. The number of hydrogen-bond acceptors (Lipinski definition) is 7. The Morgan fingerprint density at radius 2 is 2.23 bits per heavy atom. The predicted octanol–water partition coefficient (Wildman–Crippen LogP) is 1.68. The summed E-state index contributed by atoms with van der Waals surface area (Å²) in [5.41, 5.74) is 0.998. The van der Waals surface area contributed by atoms with Gasteiger partial charge in [0.05, 0.1) is 23.9 Å². The molecule has 0 saturated carbocycles. The van der Waals surface area contributed by atoms with Crippen LogP contribution in [0.15, 0.2) is 17.1 Å². The Morgan fingerprint density at radius 1 is 1.46 bits per heavy atom. The molecule has 138 valence electrons. The fraction of sp³-hybridized carbons (Fsp3) is 0.375. The third-order valence-electron chi connectivity index (χ3n) is 3.48. The second-order valence-electron chi connectivity index (χ2n) is 6.49. The van der Waals surface area contributed by atoms with Gasteiger partial charge in [-0.2, -0.15) is 5.10 Å². The van der Waals surface area contributed by atoms with Crippen LogP contribution in [0.3, 0.4) is 0 Å². The Hall–Kier alpha value is -2.72. The molecule has 0 atom stereocenters. The first-order chi connectivity index (χ1) is 12.2. The second kappa shape index (κ2) is 6.89. The van der Waals surface area contributed by atoms with Crippen LogP contribution in [0.4, 0.5) is 4.79 Å². The van der Waals surface area contributed by atoms with Crippen LogP contribution in [-0.2, 0) is 11.3 Å². The van der Waals surface area contributed by atoms with E-state index in [0.717, 1.165) is 16.1 Å². The van der Waals surface area contributed by atoms with Gasteiger partial charge in [-0.3, -0.25) is 9.89 Å². The van der Waals surface area contributed by atoms with Crippen molar-refractivity contribution in [3.05, 3.63) is 34.1 Å². The zero-order chi connectivity index (χ0) is 18.9. The van der Waals surface area contributed by atoms with Crippen molar-refractivity contribution in [1.82, 2.24) is 25.5 Å². The lowest BCUT2D eigenvalue weighted by atomic mass is 10.2. The molecule has 3 aromatic rings. The first-order valence-corrected chi connectivity index (χ1v) is 8.71. The zero-order valence-corrected chi connectivity index (χ0v) is 15.4. The second-order valence-corrected chi connectivity index (χ2v) is 7.54. The number of alkyl carbamates (subject to hydrolysis) is 1. The van der Waals surface area contributed by atoms with Crippen molar-refractivity contribution in [2.24, 2.45) is 0 Å². The number of thiophene rings is 1. The number of rotatable bonds is 5.